The minimum atomic E-state index is 0.134. The number of anilines is 1. The molecule has 1 aliphatic rings. The van der Waals surface area contributed by atoms with E-state index < -0.39 is 0 Å². The summed E-state index contributed by atoms with van der Waals surface area (Å²) in [4.78, 5) is 8.97. The number of hydrogen-bond acceptors (Lipinski definition) is 6. The first-order valence-corrected chi connectivity index (χ1v) is 10.1. The van der Waals surface area contributed by atoms with E-state index in [1.807, 2.05) is 30.3 Å². The average molecular weight is 392 g/mol. The summed E-state index contributed by atoms with van der Waals surface area (Å²) in [6, 6.07) is 11.8. The molecule has 0 amide bonds. The third-order valence-electron chi connectivity index (χ3n) is 6.94. The van der Waals surface area contributed by atoms with Crippen molar-refractivity contribution < 1.29 is 5.11 Å². The van der Waals surface area contributed by atoms with E-state index in [1.165, 1.54) is 0 Å². The lowest BCUT2D eigenvalue weighted by molar-refractivity contribution is 0.0391. The number of likely N-dealkylation sites (tertiary alicyclic amines) is 1. The quantitative estimate of drug-likeness (QED) is 0.729. The fourth-order valence-corrected chi connectivity index (χ4v) is 4.35. The first-order chi connectivity index (χ1) is 13.8. The number of aromatic hydroxyl groups is 1. The highest BCUT2D eigenvalue weighted by Crippen LogP contribution is 2.36. The molecule has 3 heterocycles. The second-order valence-electron chi connectivity index (χ2n) is 8.67. The molecule has 0 bridgehead atoms. The summed E-state index contributed by atoms with van der Waals surface area (Å²) in [5.74, 6) is 1.51. The summed E-state index contributed by atoms with van der Waals surface area (Å²) in [7, 11) is 4.30. The molecule has 29 heavy (non-hydrogen) atoms. The first kappa shape index (κ1) is 19.6. The molecule has 4 rings (SSSR count). The standard InChI is InChI=1S/C23H29N5O/c1-15-20(10-12-27(4)23(15,2)3)28(5)22-9-8-18(25-26-22)17-13-16-7-6-11-24-19(16)14-21(17)29/h6-9,11,13-15,20,29H,10,12H2,1-5H3. The Morgan fingerprint density at radius 1 is 1.17 bits per heavy atom. The fraction of sp³-hybridized carbons (Fsp3) is 0.435. The van der Waals surface area contributed by atoms with E-state index in [2.05, 4.69) is 59.8 Å². The number of hydrogen-bond donors (Lipinski definition) is 1. The zero-order valence-corrected chi connectivity index (χ0v) is 17.8. The molecule has 2 unspecified atom stereocenters. The Bertz CT molecular complexity index is 1020. The van der Waals surface area contributed by atoms with Crippen molar-refractivity contribution in [2.24, 2.45) is 5.92 Å². The summed E-state index contributed by atoms with van der Waals surface area (Å²) in [6.45, 7) is 8.00. The molecular weight excluding hydrogens is 362 g/mol. The van der Waals surface area contributed by atoms with Gasteiger partial charge in [0.05, 0.1) is 11.2 Å². The minimum Gasteiger partial charge on any atom is -0.507 e. The summed E-state index contributed by atoms with van der Waals surface area (Å²) in [5, 5.41) is 20.3. The number of pyridine rings is 1. The fourth-order valence-electron chi connectivity index (χ4n) is 4.35. The van der Waals surface area contributed by atoms with Crippen LogP contribution in [0.1, 0.15) is 27.2 Å². The number of phenolic OH excluding ortho intramolecular Hbond substituents is 1. The average Bonchev–Trinajstić information content (AvgIpc) is 2.72. The summed E-state index contributed by atoms with van der Waals surface area (Å²) >= 11 is 0. The van der Waals surface area contributed by atoms with Crippen LogP contribution in [0.15, 0.2) is 42.6 Å². The van der Waals surface area contributed by atoms with Crippen LogP contribution in [-0.4, -0.2) is 57.4 Å². The predicted molar refractivity (Wildman–Crippen MR) is 117 cm³/mol. The highest BCUT2D eigenvalue weighted by molar-refractivity contribution is 5.87. The van der Waals surface area contributed by atoms with Gasteiger partial charge in [-0.2, -0.15) is 0 Å². The second-order valence-corrected chi connectivity index (χ2v) is 8.67. The van der Waals surface area contributed by atoms with Crippen molar-refractivity contribution >= 4 is 16.7 Å². The number of fused-ring (bicyclic) bond motifs is 1. The molecule has 0 radical (unpaired) electrons. The molecule has 6 nitrogen and oxygen atoms in total. The van der Waals surface area contributed by atoms with Crippen molar-refractivity contribution in [3.63, 3.8) is 0 Å². The van der Waals surface area contributed by atoms with Gasteiger partial charge in [-0.15, -0.1) is 10.2 Å². The molecule has 1 aromatic carbocycles. The van der Waals surface area contributed by atoms with E-state index in [-0.39, 0.29) is 11.3 Å². The number of nitrogens with zero attached hydrogens (tertiary/aromatic N) is 5. The van der Waals surface area contributed by atoms with E-state index in [0.29, 0.717) is 23.2 Å². The molecule has 1 aliphatic heterocycles. The van der Waals surface area contributed by atoms with Crippen molar-refractivity contribution in [2.75, 3.05) is 25.5 Å². The largest absolute Gasteiger partial charge is 0.507 e. The molecule has 0 aliphatic carbocycles. The number of aromatic nitrogens is 3. The Kier molecular flexibility index (Phi) is 4.90. The van der Waals surface area contributed by atoms with Crippen molar-refractivity contribution in [1.29, 1.82) is 0 Å². The van der Waals surface area contributed by atoms with Crippen LogP contribution in [0.5, 0.6) is 5.75 Å². The van der Waals surface area contributed by atoms with E-state index in [1.54, 1.807) is 12.3 Å². The van der Waals surface area contributed by atoms with E-state index in [9.17, 15) is 5.11 Å². The van der Waals surface area contributed by atoms with E-state index >= 15 is 0 Å². The van der Waals surface area contributed by atoms with Gasteiger partial charge >= 0.3 is 0 Å². The van der Waals surface area contributed by atoms with Gasteiger partial charge in [-0.1, -0.05) is 13.0 Å². The summed E-state index contributed by atoms with van der Waals surface area (Å²) < 4.78 is 0. The lowest BCUT2D eigenvalue weighted by atomic mass is 9.77. The smallest absolute Gasteiger partial charge is 0.151 e. The second kappa shape index (κ2) is 7.26. The van der Waals surface area contributed by atoms with E-state index in [4.69, 9.17) is 0 Å². The maximum atomic E-state index is 10.4. The Morgan fingerprint density at radius 2 is 1.97 bits per heavy atom. The molecule has 0 saturated carbocycles. The number of rotatable bonds is 3. The van der Waals surface area contributed by atoms with Crippen LogP contribution in [0, 0.1) is 5.92 Å². The zero-order valence-electron chi connectivity index (χ0n) is 17.8. The third kappa shape index (κ3) is 3.42. The molecule has 152 valence electrons. The molecule has 1 fully saturated rings. The Labute approximate surface area is 172 Å². The van der Waals surface area contributed by atoms with Gasteiger partial charge in [-0.3, -0.25) is 4.98 Å². The molecule has 0 spiro atoms. The monoisotopic (exact) mass is 391 g/mol. The van der Waals surface area contributed by atoms with Crippen LogP contribution < -0.4 is 4.90 Å². The zero-order chi connectivity index (χ0) is 20.8. The van der Waals surface area contributed by atoms with Crippen LogP contribution in [0.2, 0.25) is 0 Å². The van der Waals surface area contributed by atoms with Crippen LogP contribution in [0.25, 0.3) is 22.2 Å². The van der Waals surface area contributed by atoms with Crippen molar-refractivity contribution in [3.8, 4) is 17.0 Å². The maximum absolute atomic E-state index is 10.4. The van der Waals surface area contributed by atoms with Crippen LogP contribution >= 0.6 is 0 Å². The van der Waals surface area contributed by atoms with Crippen molar-refractivity contribution in [2.45, 2.75) is 38.8 Å². The molecule has 3 aromatic rings. The van der Waals surface area contributed by atoms with Gasteiger partial charge < -0.3 is 14.9 Å². The Balaban J connectivity index is 1.60. The molecule has 2 aromatic heterocycles. The van der Waals surface area contributed by atoms with Gasteiger partial charge in [-0.05, 0) is 57.5 Å². The maximum Gasteiger partial charge on any atom is 0.151 e. The number of benzene rings is 1. The first-order valence-electron chi connectivity index (χ1n) is 10.1. The normalized spacial score (nSPS) is 22.0. The SMILES string of the molecule is CC1C(N(C)c2ccc(-c3cc4cccnc4cc3O)nn2)CCN(C)C1(C)C. The number of phenols is 1. The lowest BCUT2D eigenvalue weighted by Gasteiger charge is -2.51. The Hall–Kier alpha value is -2.73. The van der Waals surface area contributed by atoms with Gasteiger partial charge in [0.25, 0.3) is 0 Å². The van der Waals surface area contributed by atoms with E-state index in [0.717, 1.165) is 29.7 Å². The summed E-state index contributed by atoms with van der Waals surface area (Å²) in [5.41, 5.74) is 2.22. The molecule has 6 heteroatoms. The Morgan fingerprint density at radius 3 is 2.69 bits per heavy atom. The molecule has 1 saturated heterocycles. The minimum absolute atomic E-state index is 0.134. The van der Waals surface area contributed by atoms with Crippen LogP contribution in [0.4, 0.5) is 5.82 Å². The van der Waals surface area contributed by atoms with Gasteiger partial charge in [0.2, 0.25) is 0 Å². The number of piperidine rings is 1. The van der Waals surface area contributed by atoms with Crippen molar-refractivity contribution in [3.05, 3.63) is 42.6 Å². The summed E-state index contributed by atoms with van der Waals surface area (Å²) in [6.07, 6.45) is 2.82. The van der Waals surface area contributed by atoms with Gasteiger partial charge in [0.15, 0.2) is 5.82 Å². The molecule has 2 atom stereocenters. The molecular formula is C23H29N5O. The topological polar surface area (TPSA) is 65.4 Å². The molecule has 1 N–H and O–H groups in total. The van der Waals surface area contributed by atoms with Crippen LogP contribution in [-0.2, 0) is 0 Å². The van der Waals surface area contributed by atoms with Gasteiger partial charge in [0, 0.05) is 48.4 Å². The highest BCUT2D eigenvalue weighted by atomic mass is 16.3. The van der Waals surface area contributed by atoms with Crippen molar-refractivity contribution in [1.82, 2.24) is 20.1 Å². The van der Waals surface area contributed by atoms with Gasteiger partial charge in [0.1, 0.15) is 5.75 Å². The van der Waals surface area contributed by atoms with Gasteiger partial charge in [-0.25, -0.2) is 0 Å². The predicted octanol–water partition coefficient (Wildman–Crippen LogP) is 3.95. The third-order valence-corrected chi connectivity index (χ3v) is 6.94. The van der Waals surface area contributed by atoms with Crippen LogP contribution in [0.3, 0.4) is 0 Å². The lowest BCUT2D eigenvalue weighted by Crippen LogP contribution is -2.59. The highest BCUT2D eigenvalue weighted by Gasteiger charge is 2.41.